The van der Waals surface area contributed by atoms with Gasteiger partial charge in [0.1, 0.15) is 5.69 Å². The van der Waals surface area contributed by atoms with Crippen LogP contribution in [0.5, 0.6) is 0 Å². The number of hydrogen-bond acceptors (Lipinski definition) is 4. The van der Waals surface area contributed by atoms with Gasteiger partial charge in [-0.1, -0.05) is 17.3 Å². The van der Waals surface area contributed by atoms with Crippen molar-refractivity contribution in [3.8, 4) is 0 Å². The van der Waals surface area contributed by atoms with Crippen LogP contribution in [-0.2, 0) is 28.7 Å². The molecule has 10 heteroatoms. The molecular weight excluding hydrogens is 399 g/mol. The highest BCUT2D eigenvalue weighted by Crippen LogP contribution is 2.29. The zero-order valence-electron chi connectivity index (χ0n) is 16.3. The third-order valence-corrected chi connectivity index (χ3v) is 5.58. The minimum atomic E-state index is -4.35. The summed E-state index contributed by atoms with van der Waals surface area (Å²) < 4.78 is 39.5. The lowest BCUT2D eigenvalue weighted by Gasteiger charge is -2.39. The number of halogens is 3. The minimum Gasteiger partial charge on any atom is -0.338 e. The normalized spacial score (nSPS) is 17.5. The van der Waals surface area contributed by atoms with Crippen molar-refractivity contribution in [2.45, 2.75) is 44.4 Å². The van der Waals surface area contributed by atoms with Gasteiger partial charge in [0, 0.05) is 32.5 Å². The van der Waals surface area contributed by atoms with Crippen molar-refractivity contribution in [3.63, 3.8) is 0 Å². The lowest BCUT2D eigenvalue weighted by molar-refractivity contribution is -0.138. The van der Waals surface area contributed by atoms with Crippen LogP contribution in [0.2, 0.25) is 0 Å². The summed E-state index contributed by atoms with van der Waals surface area (Å²) in [6.07, 6.45) is -0.431. The Labute approximate surface area is 171 Å². The molecular formula is C20H22F3N5O2. The first-order valence-corrected chi connectivity index (χ1v) is 9.92. The number of amides is 2. The fourth-order valence-electron chi connectivity index (χ4n) is 3.73. The number of alkyl halides is 3. The topological polar surface area (TPSA) is 71.3 Å². The van der Waals surface area contributed by atoms with Crippen LogP contribution in [0.3, 0.4) is 0 Å². The lowest BCUT2D eigenvalue weighted by atomic mass is 10.0. The van der Waals surface area contributed by atoms with Crippen LogP contribution < -0.4 is 0 Å². The van der Waals surface area contributed by atoms with Gasteiger partial charge in [0.2, 0.25) is 11.8 Å². The summed E-state index contributed by atoms with van der Waals surface area (Å²) in [7, 11) is 0. The Kier molecular flexibility index (Phi) is 5.48. The number of benzene rings is 1. The second-order valence-electron chi connectivity index (χ2n) is 7.76. The number of aryl methyl sites for hydroxylation is 1. The van der Waals surface area contributed by atoms with E-state index < -0.39 is 11.7 Å². The van der Waals surface area contributed by atoms with Crippen LogP contribution in [0.4, 0.5) is 13.2 Å². The summed E-state index contributed by atoms with van der Waals surface area (Å²) in [6.45, 7) is 2.26. The summed E-state index contributed by atoms with van der Waals surface area (Å²) in [5.74, 6) is 0.104. The summed E-state index contributed by atoms with van der Waals surface area (Å²) in [5, 5.41) is 8.24. The number of aromatic nitrogens is 3. The van der Waals surface area contributed by atoms with Gasteiger partial charge in [-0.05, 0) is 30.5 Å². The maximum Gasteiger partial charge on any atom is 0.416 e. The van der Waals surface area contributed by atoms with Crippen LogP contribution in [0, 0.1) is 0 Å². The Morgan fingerprint density at radius 1 is 1.17 bits per heavy atom. The van der Waals surface area contributed by atoms with E-state index in [0.29, 0.717) is 38.0 Å². The molecule has 2 aliphatic rings. The minimum absolute atomic E-state index is 0.0332. The number of carbonyl (C=O) groups excluding carboxylic acids is 2. The first-order chi connectivity index (χ1) is 14.3. The Bertz CT molecular complexity index is 919. The molecule has 0 radical (unpaired) electrons. The molecule has 7 nitrogen and oxygen atoms in total. The molecule has 0 saturated carbocycles. The molecule has 0 spiro atoms. The van der Waals surface area contributed by atoms with E-state index in [4.69, 9.17) is 0 Å². The number of nitrogens with zero attached hydrogens (tertiary/aromatic N) is 5. The van der Waals surface area contributed by atoms with Crippen molar-refractivity contribution < 1.29 is 22.8 Å². The number of carbonyl (C=O) groups is 2. The van der Waals surface area contributed by atoms with Crippen LogP contribution in [0.15, 0.2) is 30.5 Å². The van der Waals surface area contributed by atoms with Crippen LogP contribution in [0.25, 0.3) is 0 Å². The second kappa shape index (κ2) is 8.08. The Morgan fingerprint density at radius 2 is 1.90 bits per heavy atom. The maximum atomic E-state index is 12.6. The highest BCUT2D eigenvalue weighted by molar-refractivity contribution is 5.78. The van der Waals surface area contributed by atoms with Gasteiger partial charge in [0.05, 0.1) is 24.3 Å². The highest BCUT2D eigenvalue weighted by Gasteiger charge is 2.33. The van der Waals surface area contributed by atoms with E-state index in [1.807, 2.05) is 6.20 Å². The van der Waals surface area contributed by atoms with Gasteiger partial charge >= 0.3 is 6.18 Å². The van der Waals surface area contributed by atoms with Crippen molar-refractivity contribution >= 4 is 11.8 Å². The maximum absolute atomic E-state index is 12.6. The van der Waals surface area contributed by atoms with Gasteiger partial charge in [-0.3, -0.25) is 9.59 Å². The number of rotatable bonds is 6. The molecule has 2 amide bonds. The van der Waals surface area contributed by atoms with Gasteiger partial charge in [0.25, 0.3) is 0 Å². The third-order valence-electron chi connectivity index (χ3n) is 5.58. The van der Waals surface area contributed by atoms with Gasteiger partial charge in [-0.15, -0.1) is 5.10 Å². The van der Waals surface area contributed by atoms with E-state index in [1.54, 1.807) is 14.5 Å². The molecule has 4 rings (SSSR count). The first-order valence-electron chi connectivity index (χ1n) is 9.92. The van der Waals surface area contributed by atoms with E-state index in [9.17, 15) is 22.8 Å². The van der Waals surface area contributed by atoms with Crippen LogP contribution >= 0.6 is 0 Å². The molecule has 0 bridgehead atoms. The summed E-state index contributed by atoms with van der Waals surface area (Å²) in [6, 6.07) is 4.96. The van der Waals surface area contributed by atoms with Crippen molar-refractivity contribution in [2.24, 2.45) is 0 Å². The molecule has 30 heavy (non-hydrogen) atoms. The average Bonchev–Trinajstić information content (AvgIpc) is 3.28. The summed E-state index contributed by atoms with van der Waals surface area (Å²) >= 11 is 0. The molecule has 1 aromatic carbocycles. The Morgan fingerprint density at radius 3 is 2.53 bits per heavy atom. The van der Waals surface area contributed by atoms with Gasteiger partial charge in [0.15, 0.2) is 0 Å². The lowest BCUT2D eigenvalue weighted by Crippen LogP contribution is -2.51. The Hall–Kier alpha value is -2.91. The van der Waals surface area contributed by atoms with Crippen molar-refractivity contribution in [2.75, 3.05) is 19.6 Å². The smallest absolute Gasteiger partial charge is 0.338 e. The van der Waals surface area contributed by atoms with Crippen LogP contribution in [0.1, 0.15) is 42.1 Å². The van der Waals surface area contributed by atoms with Crippen LogP contribution in [-0.4, -0.2) is 56.2 Å². The number of hydrogen-bond donors (Lipinski definition) is 0. The largest absolute Gasteiger partial charge is 0.416 e. The molecule has 0 N–H and O–H groups in total. The fraction of sp³-hybridized carbons (Fsp3) is 0.500. The van der Waals surface area contributed by atoms with Crippen molar-refractivity contribution in [3.05, 3.63) is 47.3 Å². The first kappa shape index (κ1) is 20.4. The number of likely N-dealkylation sites (tertiary alicyclic amines) is 2. The zero-order valence-corrected chi connectivity index (χ0v) is 16.3. The van der Waals surface area contributed by atoms with E-state index in [2.05, 4.69) is 10.3 Å². The molecule has 2 saturated heterocycles. The molecule has 1 aromatic heterocycles. The predicted molar refractivity (Wildman–Crippen MR) is 100 cm³/mol. The van der Waals surface area contributed by atoms with E-state index in [1.165, 1.54) is 12.1 Å². The quantitative estimate of drug-likeness (QED) is 0.718. The molecule has 3 heterocycles. The monoisotopic (exact) mass is 421 g/mol. The molecule has 2 aliphatic heterocycles. The van der Waals surface area contributed by atoms with Gasteiger partial charge < -0.3 is 9.80 Å². The van der Waals surface area contributed by atoms with Gasteiger partial charge in [-0.25, -0.2) is 4.68 Å². The molecule has 2 fully saturated rings. The van der Waals surface area contributed by atoms with Crippen molar-refractivity contribution in [1.82, 2.24) is 24.8 Å². The molecule has 0 aliphatic carbocycles. The molecule has 160 valence electrons. The molecule has 0 unspecified atom stereocenters. The van der Waals surface area contributed by atoms with Gasteiger partial charge in [-0.2, -0.15) is 13.2 Å². The third kappa shape index (κ3) is 4.47. The van der Waals surface area contributed by atoms with E-state index >= 15 is 0 Å². The molecule has 0 atom stereocenters. The second-order valence-corrected chi connectivity index (χ2v) is 7.76. The zero-order chi connectivity index (χ0) is 21.3. The van der Waals surface area contributed by atoms with E-state index in [-0.39, 0.29) is 24.3 Å². The summed E-state index contributed by atoms with van der Waals surface area (Å²) in [4.78, 5) is 27.5. The standard InChI is InChI=1S/C20H22F3N5O2/c21-20(22,23)15-6-3-14(4-7-15)5-8-19(30)27-12-17(13-27)28-11-16(24-25-28)10-26-9-1-2-18(26)29/h3-4,6-7,11,17H,1-2,5,8-10,12-13H2. The Balaban J connectivity index is 1.22. The summed E-state index contributed by atoms with van der Waals surface area (Å²) in [5.41, 5.74) is 0.743. The van der Waals surface area contributed by atoms with E-state index in [0.717, 1.165) is 30.8 Å². The SMILES string of the molecule is O=C1CCCN1Cc1cn(C2CN(C(=O)CCc3ccc(C(F)(F)F)cc3)C2)nn1. The highest BCUT2D eigenvalue weighted by atomic mass is 19.4. The fourth-order valence-corrected chi connectivity index (χ4v) is 3.73. The predicted octanol–water partition coefficient (Wildman–Crippen LogP) is 2.44. The molecule has 2 aromatic rings. The van der Waals surface area contributed by atoms with Crippen molar-refractivity contribution in [1.29, 1.82) is 0 Å². The average molecular weight is 421 g/mol.